The average Bonchev–Trinajstić information content (AvgIpc) is 3.33. The van der Waals surface area contributed by atoms with Crippen molar-refractivity contribution in [3.63, 3.8) is 0 Å². The van der Waals surface area contributed by atoms with Crippen molar-refractivity contribution in [1.29, 1.82) is 0 Å². The van der Waals surface area contributed by atoms with Gasteiger partial charge in [0.25, 0.3) is 0 Å². The van der Waals surface area contributed by atoms with Gasteiger partial charge in [-0.05, 0) is 77.9 Å². The van der Waals surface area contributed by atoms with Gasteiger partial charge >= 0.3 is 11.9 Å². The number of benzene rings is 2. The summed E-state index contributed by atoms with van der Waals surface area (Å²) < 4.78 is 18.5. The Balaban J connectivity index is 2.00. The lowest BCUT2D eigenvalue weighted by Crippen LogP contribution is -2.33. The molecule has 0 amide bonds. The van der Waals surface area contributed by atoms with Crippen LogP contribution in [0.5, 0.6) is 5.75 Å². The van der Waals surface area contributed by atoms with E-state index in [1.165, 1.54) is 0 Å². The highest BCUT2D eigenvalue weighted by molar-refractivity contribution is 6.00. The summed E-state index contributed by atoms with van der Waals surface area (Å²) in [5.74, 6) is -1.08. The quantitative estimate of drug-likeness (QED) is 0.375. The van der Waals surface area contributed by atoms with Crippen molar-refractivity contribution >= 4 is 11.9 Å². The van der Waals surface area contributed by atoms with E-state index < -0.39 is 17.9 Å². The maximum absolute atomic E-state index is 13.6. The SMILES string of the molecule is COc1ccc(-c2nn(-c3ccccc3)cc2C2C(C(=O)OC(C)C)=C(C)NC(C)=C2C(=O)OC(C)C)cc1. The summed E-state index contributed by atoms with van der Waals surface area (Å²) in [6.07, 6.45) is 1.19. The van der Waals surface area contributed by atoms with Crippen LogP contribution in [-0.4, -0.2) is 41.0 Å². The molecule has 8 heteroatoms. The second-order valence-electron chi connectivity index (χ2n) is 9.99. The molecule has 0 spiro atoms. The highest BCUT2D eigenvalue weighted by Gasteiger charge is 2.40. The molecule has 0 aliphatic carbocycles. The number of methoxy groups -OCH3 is 1. The molecule has 2 aromatic carbocycles. The van der Waals surface area contributed by atoms with Crippen molar-refractivity contribution < 1.29 is 23.8 Å². The maximum atomic E-state index is 13.6. The fourth-order valence-corrected chi connectivity index (χ4v) is 4.69. The highest BCUT2D eigenvalue weighted by Crippen LogP contribution is 2.43. The molecule has 1 aromatic heterocycles. The largest absolute Gasteiger partial charge is 0.497 e. The zero-order valence-corrected chi connectivity index (χ0v) is 23.4. The number of hydrogen-bond donors (Lipinski definition) is 1. The number of hydrogen-bond acceptors (Lipinski definition) is 7. The van der Waals surface area contributed by atoms with E-state index in [1.54, 1.807) is 39.5 Å². The number of nitrogens with zero attached hydrogens (tertiary/aromatic N) is 2. The van der Waals surface area contributed by atoms with Gasteiger partial charge in [-0.25, -0.2) is 14.3 Å². The molecule has 1 aliphatic heterocycles. The van der Waals surface area contributed by atoms with Crippen LogP contribution in [0.2, 0.25) is 0 Å². The lowest BCUT2D eigenvalue weighted by Gasteiger charge is -2.31. The number of dihydropyridines is 1. The van der Waals surface area contributed by atoms with Crippen molar-refractivity contribution in [3.05, 3.63) is 88.9 Å². The number of allylic oxidation sites excluding steroid dienone is 2. The Morgan fingerprint density at radius 1 is 0.846 bits per heavy atom. The van der Waals surface area contributed by atoms with Crippen LogP contribution in [0, 0.1) is 0 Å². The Labute approximate surface area is 229 Å². The highest BCUT2D eigenvalue weighted by atomic mass is 16.5. The molecule has 1 aliphatic rings. The van der Waals surface area contributed by atoms with Crippen LogP contribution < -0.4 is 10.1 Å². The van der Waals surface area contributed by atoms with E-state index in [-0.39, 0.29) is 12.2 Å². The minimum Gasteiger partial charge on any atom is -0.497 e. The van der Waals surface area contributed by atoms with Crippen LogP contribution in [0.25, 0.3) is 16.9 Å². The van der Waals surface area contributed by atoms with Crippen molar-refractivity contribution in [3.8, 4) is 22.7 Å². The van der Waals surface area contributed by atoms with Crippen LogP contribution >= 0.6 is 0 Å². The predicted molar refractivity (Wildman–Crippen MR) is 149 cm³/mol. The van der Waals surface area contributed by atoms with Gasteiger partial charge in [0.05, 0.1) is 47.8 Å². The molecular formula is C31H35N3O5. The summed E-state index contributed by atoms with van der Waals surface area (Å²) in [6.45, 7) is 10.8. The lowest BCUT2D eigenvalue weighted by molar-refractivity contribution is -0.143. The Hall–Kier alpha value is -4.33. The first-order chi connectivity index (χ1) is 18.6. The summed E-state index contributed by atoms with van der Waals surface area (Å²) in [4.78, 5) is 27.1. The fourth-order valence-electron chi connectivity index (χ4n) is 4.69. The van der Waals surface area contributed by atoms with Crippen molar-refractivity contribution in [2.75, 3.05) is 7.11 Å². The topological polar surface area (TPSA) is 91.7 Å². The molecule has 1 N–H and O–H groups in total. The molecule has 204 valence electrons. The Bertz CT molecular complexity index is 1370. The predicted octanol–water partition coefficient (Wildman–Crippen LogP) is 5.69. The Morgan fingerprint density at radius 2 is 1.38 bits per heavy atom. The van der Waals surface area contributed by atoms with Crippen molar-refractivity contribution in [2.45, 2.75) is 59.7 Å². The maximum Gasteiger partial charge on any atom is 0.337 e. The van der Waals surface area contributed by atoms with Crippen LogP contribution in [0.4, 0.5) is 0 Å². The van der Waals surface area contributed by atoms with E-state index in [1.807, 2.05) is 74.6 Å². The summed E-state index contributed by atoms with van der Waals surface area (Å²) in [5.41, 5.74) is 4.85. The first kappa shape index (κ1) is 27.7. The molecule has 4 rings (SSSR count). The van der Waals surface area contributed by atoms with Gasteiger partial charge in [-0.2, -0.15) is 5.10 Å². The van der Waals surface area contributed by atoms with E-state index in [9.17, 15) is 9.59 Å². The molecule has 3 aromatic rings. The van der Waals surface area contributed by atoms with E-state index in [4.69, 9.17) is 19.3 Å². The third kappa shape index (κ3) is 5.90. The van der Waals surface area contributed by atoms with Gasteiger partial charge in [-0.3, -0.25) is 0 Å². The Morgan fingerprint density at radius 3 is 1.87 bits per heavy atom. The van der Waals surface area contributed by atoms with Gasteiger partial charge in [0.2, 0.25) is 0 Å². The molecular weight excluding hydrogens is 494 g/mol. The molecule has 0 saturated carbocycles. The van der Waals surface area contributed by atoms with Crippen LogP contribution in [0.15, 0.2) is 83.3 Å². The Kier molecular flexibility index (Phi) is 8.24. The fraction of sp³-hybridized carbons (Fsp3) is 0.323. The monoisotopic (exact) mass is 529 g/mol. The van der Waals surface area contributed by atoms with Gasteiger partial charge in [0.1, 0.15) is 5.75 Å². The van der Waals surface area contributed by atoms with E-state index in [2.05, 4.69) is 5.32 Å². The number of para-hydroxylation sites is 1. The van der Waals surface area contributed by atoms with E-state index in [0.29, 0.717) is 39.5 Å². The van der Waals surface area contributed by atoms with Crippen LogP contribution in [0.1, 0.15) is 53.0 Å². The van der Waals surface area contributed by atoms with E-state index >= 15 is 0 Å². The third-order valence-electron chi connectivity index (χ3n) is 6.32. The zero-order valence-electron chi connectivity index (χ0n) is 23.4. The number of carbonyl (C=O) groups excluding carboxylic acids is 2. The molecule has 39 heavy (non-hydrogen) atoms. The molecule has 0 bridgehead atoms. The lowest BCUT2D eigenvalue weighted by atomic mass is 9.79. The minimum absolute atomic E-state index is 0.340. The third-order valence-corrected chi connectivity index (χ3v) is 6.32. The molecule has 2 heterocycles. The summed E-state index contributed by atoms with van der Waals surface area (Å²) in [7, 11) is 1.61. The number of ether oxygens (including phenoxy) is 3. The van der Waals surface area contributed by atoms with Gasteiger partial charge in [-0.1, -0.05) is 18.2 Å². The second kappa shape index (κ2) is 11.6. The molecule has 0 unspecified atom stereocenters. The number of carbonyl (C=O) groups is 2. The van der Waals surface area contributed by atoms with Gasteiger partial charge < -0.3 is 19.5 Å². The number of esters is 2. The average molecular weight is 530 g/mol. The first-order valence-corrected chi connectivity index (χ1v) is 13.0. The number of rotatable bonds is 8. The van der Waals surface area contributed by atoms with E-state index in [0.717, 1.165) is 11.3 Å². The summed E-state index contributed by atoms with van der Waals surface area (Å²) >= 11 is 0. The first-order valence-electron chi connectivity index (χ1n) is 13.0. The molecule has 8 nitrogen and oxygen atoms in total. The van der Waals surface area contributed by atoms with Crippen molar-refractivity contribution in [1.82, 2.24) is 15.1 Å². The van der Waals surface area contributed by atoms with Crippen molar-refractivity contribution in [2.24, 2.45) is 0 Å². The molecule has 0 atom stereocenters. The zero-order chi connectivity index (χ0) is 28.3. The minimum atomic E-state index is -0.779. The van der Waals surface area contributed by atoms with Gasteiger partial charge in [-0.15, -0.1) is 0 Å². The van der Waals surface area contributed by atoms with Crippen LogP contribution in [-0.2, 0) is 19.1 Å². The molecule has 0 radical (unpaired) electrons. The standard InChI is InChI=1S/C31H35N3O5/c1-18(2)38-30(35)26-20(5)32-21(6)27(31(36)39-19(3)4)28(26)25-17-34(23-11-9-8-10-12-23)33-29(25)22-13-15-24(37-7)16-14-22/h8-19,28,32H,1-7H3. The molecule has 0 fully saturated rings. The number of nitrogens with one attached hydrogen (secondary N) is 1. The van der Waals surface area contributed by atoms with Gasteiger partial charge in [0, 0.05) is 28.7 Å². The molecule has 0 saturated heterocycles. The normalized spacial score (nSPS) is 14.1. The smallest absolute Gasteiger partial charge is 0.337 e. The van der Waals surface area contributed by atoms with Crippen LogP contribution in [0.3, 0.4) is 0 Å². The summed E-state index contributed by atoms with van der Waals surface area (Å²) in [6, 6.07) is 17.2. The number of aromatic nitrogens is 2. The summed E-state index contributed by atoms with van der Waals surface area (Å²) in [5, 5.41) is 8.16. The van der Waals surface area contributed by atoms with Gasteiger partial charge in [0.15, 0.2) is 0 Å². The second-order valence-corrected chi connectivity index (χ2v) is 9.99.